The number of aliphatic hydroxyl groups excluding tert-OH is 1. The van der Waals surface area contributed by atoms with Gasteiger partial charge < -0.3 is 9.84 Å². The first-order valence-electron chi connectivity index (χ1n) is 3.20. The van der Waals surface area contributed by atoms with Crippen LogP contribution in [0, 0.1) is 0 Å². The summed E-state index contributed by atoms with van der Waals surface area (Å²) in [5.74, 6) is -0.174. The standard InChI is InChI=1S/C7H9NO3/c1-11-7-3-8-5(4-9)2-6(7)10/h2-3,7,9H,4H2,1H3. The molecule has 1 aliphatic heterocycles. The lowest BCUT2D eigenvalue weighted by molar-refractivity contribution is -0.120. The number of carbonyl (C=O) groups excluding carboxylic acids is 1. The zero-order valence-corrected chi connectivity index (χ0v) is 6.15. The maximum atomic E-state index is 11.0. The molecule has 0 bridgehead atoms. The fourth-order valence-corrected chi connectivity index (χ4v) is 0.784. The molecule has 0 radical (unpaired) electrons. The SMILES string of the molecule is COC1C=NC(CO)=CC1=O. The van der Waals surface area contributed by atoms with Gasteiger partial charge in [0.1, 0.15) is 0 Å². The van der Waals surface area contributed by atoms with Crippen molar-refractivity contribution >= 4 is 12.0 Å². The van der Waals surface area contributed by atoms with Gasteiger partial charge in [-0.3, -0.25) is 9.79 Å². The average Bonchev–Trinajstić information content (AvgIpc) is 2.04. The normalized spacial score (nSPS) is 23.6. The maximum absolute atomic E-state index is 11.0. The lowest BCUT2D eigenvalue weighted by Gasteiger charge is -2.10. The van der Waals surface area contributed by atoms with Crippen molar-refractivity contribution in [2.24, 2.45) is 4.99 Å². The van der Waals surface area contributed by atoms with Crippen molar-refractivity contribution in [2.75, 3.05) is 13.7 Å². The third kappa shape index (κ3) is 1.72. The van der Waals surface area contributed by atoms with Gasteiger partial charge in [0, 0.05) is 19.4 Å². The Morgan fingerprint density at radius 1 is 1.82 bits per heavy atom. The minimum absolute atomic E-state index is 0.174. The third-order valence-electron chi connectivity index (χ3n) is 1.38. The molecule has 0 saturated heterocycles. The quantitative estimate of drug-likeness (QED) is 0.586. The molecule has 0 aromatic carbocycles. The van der Waals surface area contributed by atoms with Crippen LogP contribution in [0.15, 0.2) is 16.8 Å². The summed E-state index contributed by atoms with van der Waals surface area (Å²) in [5, 5.41) is 8.59. The van der Waals surface area contributed by atoms with Crippen molar-refractivity contribution in [2.45, 2.75) is 6.10 Å². The van der Waals surface area contributed by atoms with E-state index in [4.69, 9.17) is 9.84 Å². The third-order valence-corrected chi connectivity index (χ3v) is 1.38. The fraction of sp³-hybridized carbons (Fsp3) is 0.429. The minimum Gasteiger partial charge on any atom is -0.390 e. The molecule has 11 heavy (non-hydrogen) atoms. The Kier molecular flexibility index (Phi) is 2.51. The van der Waals surface area contributed by atoms with E-state index in [0.717, 1.165) is 0 Å². The number of aliphatic imine (C=N–C) groups is 1. The van der Waals surface area contributed by atoms with Crippen LogP contribution in [0.1, 0.15) is 0 Å². The minimum atomic E-state index is -0.578. The van der Waals surface area contributed by atoms with Crippen molar-refractivity contribution in [1.29, 1.82) is 0 Å². The van der Waals surface area contributed by atoms with Crippen LogP contribution in [0.3, 0.4) is 0 Å². The lowest BCUT2D eigenvalue weighted by Crippen LogP contribution is -2.25. The molecule has 1 rings (SSSR count). The Labute approximate surface area is 64.2 Å². The molecule has 0 aliphatic carbocycles. The molecule has 0 amide bonds. The summed E-state index contributed by atoms with van der Waals surface area (Å²) in [6, 6.07) is 0. The predicted molar refractivity (Wildman–Crippen MR) is 39.5 cm³/mol. The van der Waals surface area contributed by atoms with Crippen molar-refractivity contribution in [1.82, 2.24) is 0 Å². The van der Waals surface area contributed by atoms with Crippen LogP contribution >= 0.6 is 0 Å². The summed E-state index contributed by atoms with van der Waals surface area (Å²) >= 11 is 0. The summed E-state index contributed by atoms with van der Waals surface area (Å²) in [7, 11) is 1.44. The van der Waals surface area contributed by atoms with E-state index in [2.05, 4.69) is 4.99 Å². The average molecular weight is 155 g/mol. The second-order valence-corrected chi connectivity index (χ2v) is 2.13. The molecule has 1 N–H and O–H groups in total. The Morgan fingerprint density at radius 2 is 2.55 bits per heavy atom. The van der Waals surface area contributed by atoms with Gasteiger partial charge in [0.05, 0.1) is 12.3 Å². The van der Waals surface area contributed by atoms with E-state index in [1.54, 1.807) is 0 Å². The monoisotopic (exact) mass is 155 g/mol. The van der Waals surface area contributed by atoms with Gasteiger partial charge >= 0.3 is 0 Å². The van der Waals surface area contributed by atoms with Crippen molar-refractivity contribution < 1.29 is 14.6 Å². The number of aliphatic hydroxyl groups is 1. The van der Waals surface area contributed by atoms with E-state index < -0.39 is 6.10 Å². The number of ketones is 1. The second-order valence-electron chi connectivity index (χ2n) is 2.13. The Morgan fingerprint density at radius 3 is 3.00 bits per heavy atom. The topological polar surface area (TPSA) is 58.9 Å². The Balaban J connectivity index is 2.71. The van der Waals surface area contributed by atoms with E-state index in [1.807, 2.05) is 0 Å². The molecule has 4 heteroatoms. The van der Waals surface area contributed by atoms with E-state index in [1.165, 1.54) is 19.4 Å². The number of hydrogen-bond donors (Lipinski definition) is 1. The molecule has 1 aliphatic rings. The van der Waals surface area contributed by atoms with Gasteiger partial charge in [-0.15, -0.1) is 0 Å². The summed E-state index contributed by atoms with van der Waals surface area (Å²) in [6.45, 7) is -0.210. The number of carbonyl (C=O) groups is 1. The molecule has 1 atom stereocenters. The molecular weight excluding hydrogens is 146 g/mol. The molecule has 4 nitrogen and oxygen atoms in total. The summed E-state index contributed by atoms with van der Waals surface area (Å²) < 4.78 is 4.77. The number of methoxy groups -OCH3 is 1. The van der Waals surface area contributed by atoms with Crippen molar-refractivity contribution in [3.63, 3.8) is 0 Å². The van der Waals surface area contributed by atoms with Crippen LogP contribution in [0.2, 0.25) is 0 Å². The van der Waals surface area contributed by atoms with Gasteiger partial charge in [0.25, 0.3) is 0 Å². The molecular formula is C7H9NO3. The zero-order chi connectivity index (χ0) is 8.27. The van der Waals surface area contributed by atoms with Gasteiger partial charge in [-0.25, -0.2) is 0 Å². The van der Waals surface area contributed by atoms with Gasteiger partial charge in [-0.05, 0) is 0 Å². The molecule has 0 saturated carbocycles. The van der Waals surface area contributed by atoms with Crippen LogP contribution in [0.4, 0.5) is 0 Å². The Bertz CT molecular complexity index is 220. The molecule has 0 aromatic heterocycles. The van der Waals surface area contributed by atoms with Crippen LogP contribution in [-0.4, -0.2) is 36.9 Å². The molecule has 0 aromatic rings. The van der Waals surface area contributed by atoms with Gasteiger partial charge in [-0.1, -0.05) is 0 Å². The molecule has 0 fully saturated rings. The molecule has 60 valence electrons. The summed E-state index contributed by atoms with van der Waals surface area (Å²) in [6.07, 6.45) is 2.09. The number of rotatable bonds is 2. The van der Waals surface area contributed by atoms with Gasteiger partial charge in [0.2, 0.25) is 0 Å². The largest absolute Gasteiger partial charge is 0.390 e. The highest BCUT2D eigenvalue weighted by molar-refractivity contribution is 6.06. The van der Waals surface area contributed by atoms with E-state index in [-0.39, 0.29) is 12.4 Å². The predicted octanol–water partition coefficient (Wildman–Crippen LogP) is -0.469. The smallest absolute Gasteiger partial charge is 0.191 e. The fourth-order valence-electron chi connectivity index (χ4n) is 0.784. The van der Waals surface area contributed by atoms with Crippen LogP contribution in [-0.2, 0) is 9.53 Å². The van der Waals surface area contributed by atoms with E-state index >= 15 is 0 Å². The van der Waals surface area contributed by atoms with E-state index in [9.17, 15) is 4.79 Å². The summed E-state index contributed by atoms with van der Waals surface area (Å²) in [5.41, 5.74) is 0.378. The first kappa shape index (κ1) is 8.10. The van der Waals surface area contributed by atoms with Gasteiger partial charge in [-0.2, -0.15) is 0 Å². The van der Waals surface area contributed by atoms with Crippen LogP contribution in [0.5, 0.6) is 0 Å². The van der Waals surface area contributed by atoms with Crippen LogP contribution < -0.4 is 0 Å². The van der Waals surface area contributed by atoms with E-state index in [0.29, 0.717) is 5.70 Å². The van der Waals surface area contributed by atoms with Crippen molar-refractivity contribution in [3.8, 4) is 0 Å². The first-order chi connectivity index (χ1) is 5.27. The maximum Gasteiger partial charge on any atom is 0.191 e. The van der Waals surface area contributed by atoms with Gasteiger partial charge in [0.15, 0.2) is 11.9 Å². The zero-order valence-electron chi connectivity index (χ0n) is 6.15. The molecule has 0 spiro atoms. The highest BCUT2D eigenvalue weighted by atomic mass is 16.5. The molecule has 1 heterocycles. The Hall–Kier alpha value is -1.00. The van der Waals surface area contributed by atoms with Crippen LogP contribution in [0.25, 0.3) is 0 Å². The summed E-state index contributed by atoms with van der Waals surface area (Å²) in [4.78, 5) is 14.8. The first-order valence-corrected chi connectivity index (χ1v) is 3.20. The second kappa shape index (κ2) is 3.41. The lowest BCUT2D eigenvalue weighted by atomic mass is 10.2. The van der Waals surface area contributed by atoms with Crippen molar-refractivity contribution in [3.05, 3.63) is 11.8 Å². The number of ether oxygens (including phenoxy) is 1. The number of nitrogens with zero attached hydrogens (tertiary/aromatic N) is 1. The highest BCUT2D eigenvalue weighted by Crippen LogP contribution is 2.04. The molecule has 1 unspecified atom stereocenters. The number of hydrogen-bond acceptors (Lipinski definition) is 4. The highest BCUT2D eigenvalue weighted by Gasteiger charge is 2.17.